The summed E-state index contributed by atoms with van der Waals surface area (Å²) in [6, 6.07) is 4.17. The molecule has 0 saturated heterocycles. The highest BCUT2D eigenvalue weighted by Gasteiger charge is 2.07. The first-order valence-electron chi connectivity index (χ1n) is 5.22. The molecule has 2 aromatic rings. The van der Waals surface area contributed by atoms with Gasteiger partial charge in [0.2, 0.25) is 0 Å². The molecule has 0 aliphatic carbocycles. The molecule has 0 atom stereocenters. The standard InChI is InChI=1S/C12H11ClFN3/c1-2-16-12-7-15-6-11(17-12)9-5-8(14)3-4-10(9)13/h3-7H,2H2,1H3,(H,16,17). The van der Waals surface area contributed by atoms with E-state index in [4.69, 9.17) is 11.6 Å². The third-order valence-electron chi connectivity index (χ3n) is 2.20. The lowest BCUT2D eigenvalue weighted by molar-refractivity contribution is 0.628. The molecule has 0 spiro atoms. The van der Waals surface area contributed by atoms with Crippen LogP contribution in [0.15, 0.2) is 30.6 Å². The molecule has 1 N–H and O–H groups in total. The average Bonchev–Trinajstić information content (AvgIpc) is 2.33. The van der Waals surface area contributed by atoms with Crippen LogP contribution >= 0.6 is 11.6 Å². The summed E-state index contributed by atoms with van der Waals surface area (Å²) in [6.45, 7) is 2.71. The zero-order valence-electron chi connectivity index (χ0n) is 9.24. The van der Waals surface area contributed by atoms with Crippen LogP contribution in [0.3, 0.4) is 0 Å². The van der Waals surface area contributed by atoms with Crippen LogP contribution in [0.25, 0.3) is 11.3 Å². The van der Waals surface area contributed by atoms with Crippen molar-refractivity contribution in [2.24, 2.45) is 0 Å². The lowest BCUT2D eigenvalue weighted by atomic mass is 10.1. The summed E-state index contributed by atoms with van der Waals surface area (Å²) in [5.74, 6) is 0.297. The van der Waals surface area contributed by atoms with Crippen molar-refractivity contribution in [2.75, 3.05) is 11.9 Å². The Bertz CT molecular complexity index is 531. The van der Waals surface area contributed by atoms with Gasteiger partial charge in [0.15, 0.2) is 0 Å². The van der Waals surface area contributed by atoms with Crippen LogP contribution in [0.2, 0.25) is 5.02 Å². The fourth-order valence-electron chi connectivity index (χ4n) is 1.46. The maximum absolute atomic E-state index is 13.2. The summed E-state index contributed by atoms with van der Waals surface area (Å²) in [5, 5.41) is 3.49. The molecular formula is C12H11ClFN3. The average molecular weight is 252 g/mol. The highest BCUT2D eigenvalue weighted by molar-refractivity contribution is 6.33. The van der Waals surface area contributed by atoms with Crippen LogP contribution in [0.1, 0.15) is 6.92 Å². The fourth-order valence-corrected chi connectivity index (χ4v) is 1.67. The molecule has 2 rings (SSSR count). The first kappa shape index (κ1) is 11.8. The van der Waals surface area contributed by atoms with E-state index in [0.717, 1.165) is 6.54 Å². The number of anilines is 1. The van der Waals surface area contributed by atoms with E-state index >= 15 is 0 Å². The Hall–Kier alpha value is -1.68. The molecule has 0 unspecified atom stereocenters. The van der Waals surface area contributed by atoms with Gasteiger partial charge in [-0.15, -0.1) is 0 Å². The molecule has 1 aromatic heterocycles. The Kier molecular flexibility index (Phi) is 3.54. The number of nitrogens with zero attached hydrogens (tertiary/aromatic N) is 2. The van der Waals surface area contributed by atoms with Crippen molar-refractivity contribution < 1.29 is 4.39 Å². The Morgan fingerprint density at radius 3 is 2.94 bits per heavy atom. The van der Waals surface area contributed by atoms with E-state index in [2.05, 4.69) is 15.3 Å². The maximum Gasteiger partial charge on any atom is 0.145 e. The zero-order chi connectivity index (χ0) is 12.3. The first-order valence-corrected chi connectivity index (χ1v) is 5.60. The van der Waals surface area contributed by atoms with Gasteiger partial charge < -0.3 is 5.32 Å². The first-order chi connectivity index (χ1) is 8.20. The van der Waals surface area contributed by atoms with Crippen molar-refractivity contribution in [3.63, 3.8) is 0 Å². The molecule has 0 bridgehead atoms. The van der Waals surface area contributed by atoms with Gasteiger partial charge in [-0.1, -0.05) is 11.6 Å². The predicted molar refractivity (Wildman–Crippen MR) is 66.6 cm³/mol. The molecule has 88 valence electrons. The second-order valence-corrected chi connectivity index (χ2v) is 3.85. The van der Waals surface area contributed by atoms with E-state index in [1.165, 1.54) is 18.2 Å². The molecule has 5 heteroatoms. The lowest BCUT2D eigenvalue weighted by Crippen LogP contribution is -2.00. The van der Waals surface area contributed by atoms with E-state index in [1.807, 2.05) is 6.92 Å². The topological polar surface area (TPSA) is 37.8 Å². The number of hydrogen-bond acceptors (Lipinski definition) is 3. The molecule has 17 heavy (non-hydrogen) atoms. The number of rotatable bonds is 3. The molecule has 0 fully saturated rings. The van der Waals surface area contributed by atoms with Crippen molar-refractivity contribution in [3.05, 3.63) is 41.4 Å². The second kappa shape index (κ2) is 5.10. The summed E-state index contributed by atoms with van der Waals surface area (Å²) in [6.07, 6.45) is 3.17. The van der Waals surface area contributed by atoms with Crippen molar-refractivity contribution >= 4 is 17.4 Å². The number of halogens is 2. The quantitative estimate of drug-likeness (QED) is 0.909. The van der Waals surface area contributed by atoms with Gasteiger partial charge in [0.25, 0.3) is 0 Å². The van der Waals surface area contributed by atoms with Crippen molar-refractivity contribution in [1.82, 2.24) is 9.97 Å². The van der Waals surface area contributed by atoms with Crippen molar-refractivity contribution in [1.29, 1.82) is 0 Å². The Morgan fingerprint density at radius 1 is 1.35 bits per heavy atom. The van der Waals surface area contributed by atoms with E-state index in [9.17, 15) is 4.39 Å². The smallest absolute Gasteiger partial charge is 0.145 e. The fraction of sp³-hybridized carbons (Fsp3) is 0.167. The SMILES string of the molecule is CCNc1cncc(-c2cc(F)ccc2Cl)n1. The van der Waals surface area contributed by atoms with Crippen molar-refractivity contribution in [2.45, 2.75) is 6.92 Å². The van der Waals surface area contributed by atoms with Gasteiger partial charge in [0, 0.05) is 12.1 Å². The number of aromatic nitrogens is 2. The van der Waals surface area contributed by atoms with Gasteiger partial charge in [-0.3, -0.25) is 4.98 Å². The van der Waals surface area contributed by atoms with Crippen LogP contribution < -0.4 is 5.32 Å². The number of hydrogen-bond donors (Lipinski definition) is 1. The van der Waals surface area contributed by atoms with Crippen LogP contribution in [0, 0.1) is 5.82 Å². The lowest BCUT2D eigenvalue weighted by Gasteiger charge is -2.06. The minimum atomic E-state index is -0.347. The van der Waals surface area contributed by atoms with Crippen LogP contribution in [0.5, 0.6) is 0 Å². The molecule has 0 radical (unpaired) electrons. The summed E-state index contributed by atoms with van der Waals surface area (Å²) < 4.78 is 13.2. The Balaban J connectivity index is 2.45. The van der Waals surface area contributed by atoms with Gasteiger partial charge in [-0.25, -0.2) is 9.37 Å². The number of benzene rings is 1. The molecule has 0 aliphatic rings. The van der Waals surface area contributed by atoms with Gasteiger partial charge >= 0.3 is 0 Å². The van der Waals surface area contributed by atoms with Gasteiger partial charge in [0.05, 0.1) is 23.1 Å². The van der Waals surface area contributed by atoms with Crippen LogP contribution in [0.4, 0.5) is 10.2 Å². The molecule has 0 saturated carbocycles. The van der Waals surface area contributed by atoms with Gasteiger partial charge in [-0.2, -0.15) is 0 Å². The third kappa shape index (κ3) is 2.71. The van der Waals surface area contributed by atoms with Gasteiger partial charge in [0.1, 0.15) is 11.6 Å². The highest BCUT2D eigenvalue weighted by Crippen LogP contribution is 2.27. The van der Waals surface area contributed by atoms with E-state index < -0.39 is 0 Å². The molecule has 1 aromatic carbocycles. The summed E-state index contributed by atoms with van der Waals surface area (Å²) in [5.41, 5.74) is 1.09. The minimum Gasteiger partial charge on any atom is -0.369 e. The van der Waals surface area contributed by atoms with Crippen molar-refractivity contribution in [3.8, 4) is 11.3 Å². The molecular weight excluding hydrogens is 241 g/mol. The predicted octanol–water partition coefficient (Wildman–Crippen LogP) is 3.37. The minimum absolute atomic E-state index is 0.347. The summed E-state index contributed by atoms with van der Waals surface area (Å²) in [4.78, 5) is 8.35. The highest BCUT2D eigenvalue weighted by atomic mass is 35.5. The van der Waals surface area contributed by atoms with Crippen LogP contribution in [-0.2, 0) is 0 Å². The zero-order valence-corrected chi connectivity index (χ0v) is 10.0. The van der Waals surface area contributed by atoms with E-state index in [1.54, 1.807) is 12.4 Å². The number of nitrogens with one attached hydrogen (secondary N) is 1. The third-order valence-corrected chi connectivity index (χ3v) is 2.53. The molecule has 0 aliphatic heterocycles. The monoisotopic (exact) mass is 251 g/mol. The maximum atomic E-state index is 13.2. The Labute approximate surface area is 104 Å². The summed E-state index contributed by atoms with van der Waals surface area (Å²) in [7, 11) is 0. The molecule has 0 amide bonds. The second-order valence-electron chi connectivity index (χ2n) is 3.44. The molecule has 1 heterocycles. The molecule has 3 nitrogen and oxygen atoms in total. The largest absolute Gasteiger partial charge is 0.369 e. The normalized spacial score (nSPS) is 10.3. The van der Waals surface area contributed by atoms with Crippen LogP contribution in [-0.4, -0.2) is 16.5 Å². The van der Waals surface area contributed by atoms with Gasteiger partial charge in [-0.05, 0) is 25.1 Å². The van der Waals surface area contributed by atoms with E-state index in [0.29, 0.717) is 22.1 Å². The Morgan fingerprint density at radius 2 is 2.18 bits per heavy atom. The summed E-state index contributed by atoms with van der Waals surface area (Å²) >= 11 is 6.01. The van der Waals surface area contributed by atoms with E-state index in [-0.39, 0.29) is 5.82 Å².